The monoisotopic (exact) mass is 280 g/mol. The molecule has 2 rings (SSSR count). The molecule has 2 heteroatoms. The van der Waals surface area contributed by atoms with Crippen molar-refractivity contribution in [3.8, 4) is 0 Å². The number of carbonyl (C=O) groups excluding carboxylic acids is 2. The van der Waals surface area contributed by atoms with Gasteiger partial charge in [-0.2, -0.15) is 0 Å². The first-order chi connectivity index (χ1) is 10.1. The van der Waals surface area contributed by atoms with E-state index in [1.807, 2.05) is 54.6 Å². The fraction of sp³-hybridized carbons (Fsp3) is 0.263. The van der Waals surface area contributed by atoms with Gasteiger partial charge in [0, 0.05) is 18.4 Å². The smallest absolute Gasteiger partial charge is 0.159 e. The molecule has 0 amide bonds. The predicted octanol–water partition coefficient (Wildman–Crippen LogP) is 4.02. The van der Waals surface area contributed by atoms with Crippen LogP contribution in [0.25, 0.3) is 0 Å². The molecular formula is C19H20O2. The number of hydrogen-bond donors (Lipinski definition) is 0. The maximum Gasteiger partial charge on any atom is 0.159 e. The maximum absolute atomic E-state index is 11.9. The highest BCUT2D eigenvalue weighted by Gasteiger charge is 2.04. The third-order valence-corrected chi connectivity index (χ3v) is 3.59. The third kappa shape index (κ3) is 4.99. The normalized spacial score (nSPS) is 10.3. The molecule has 0 aliphatic rings. The zero-order valence-corrected chi connectivity index (χ0v) is 12.3. The predicted molar refractivity (Wildman–Crippen MR) is 84.5 cm³/mol. The summed E-state index contributed by atoms with van der Waals surface area (Å²) in [6.07, 6.45) is 2.70. The highest BCUT2D eigenvalue weighted by molar-refractivity contribution is 5.94. The Balaban J connectivity index is 1.77. The van der Waals surface area contributed by atoms with Gasteiger partial charge in [0.1, 0.15) is 5.78 Å². The van der Waals surface area contributed by atoms with Crippen molar-refractivity contribution in [1.29, 1.82) is 0 Å². The largest absolute Gasteiger partial charge is 0.300 e. The highest BCUT2D eigenvalue weighted by Crippen LogP contribution is 2.10. The molecule has 0 N–H and O–H groups in total. The summed E-state index contributed by atoms with van der Waals surface area (Å²) in [5.74, 6) is 0.356. The van der Waals surface area contributed by atoms with Gasteiger partial charge in [-0.1, -0.05) is 54.6 Å². The Hall–Kier alpha value is -2.22. The van der Waals surface area contributed by atoms with Crippen molar-refractivity contribution in [2.24, 2.45) is 0 Å². The number of benzene rings is 2. The van der Waals surface area contributed by atoms with Crippen LogP contribution in [0, 0.1) is 0 Å². The van der Waals surface area contributed by atoms with Gasteiger partial charge in [-0.25, -0.2) is 0 Å². The van der Waals surface area contributed by atoms with Crippen LogP contribution in [0.4, 0.5) is 0 Å². The van der Waals surface area contributed by atoms with Crippen LogP contribution in [0.2, 0.25) is 0 Å². The van der Waals surface area contributed by atoms with E-state index in [9.17, 15) is 9.59 Å². The van der Waals surface area contributed by atoms with Crippen LogP contribution in [0.3, 0.4) is 0 Å². The summed E-state index contributed by atoms with van der Waals surface area (Å²) in [6, 6.07) is 17.6. The minimum absolute atomic E-state index is 0.0699. The van der Waals surface area contributed by atoms with Crippen LogP contribution in [-0.2, 0) is 17.6 Å². The van der Waals surface area contributed by atoms with Gasteiger partial charge in [-0.05, 0) is 30.9 Å². The molecule has 2 nitrogen and oxygen atoms in total. The van der Waals surface area contributed by atoms with Gasteiger partial charge in [0.2, 0.25) is 0 Å². The number of hydrogen-bond acceptors (Lipinski definition) is 2. The summed E-state index contributed by atoms with van der Waals surface area (Å²) in [5.41, 5.74) is 3.03. The van der Waals surface area contributed by atoms with Crippen molar-refractivity contribution >= 4 is 11.6 Å². The SMILES string of the molecule is CC(=O)c1ccc(CCC(=O)CCc2ccccc2)cc1. The lowest BCUT2D eigenvalue weighted by Crippen LogP contribution is -2.02. The van der Waals surface area contributed by atoms with E-state index >= 15 is 0 Å². The molecule has 0 radical (unpaired) electrons. The average molecular weight is 280 g/mol. The molecule has 0 spiro atoms. The fourth-order valence-electron chi connectivity index (χ4n) is 2.24. The molecule has 108 valence electrons. The number of Topliss-reactive ketones (excluding diaryl/α,β-unsaturated/α-hetero) is 2. The lowest BCUT2D eigenvalue weighted by molar-refractivity contribution is -0.119. The second kappa shape index (κ2) is 7.53. The molecular weight excluding hydrogens is 260 g/mol. The summed E-state index contributed by atoms with van der Waals surface area (Å²) >= 11 is 0. The number of carbonyl (C=O) groups is 2. The number of rotatable bonds is 7. The molecule has 2 aromatic rings. The summed E-state index contributed by atoms with van der Waals surface area (Å²) in [5, 5.41) is 0. The van der Waals surface area contributed by atoms with Gasteiger partial charge in [0.15, 0.2) is 5.78 Å². The molecule has 2 aromatic carbocycles. The summed E-state index contributed by atoms with van der Waals surface area (Å²) in [6.45, 7) is 1.56. The van der Waals surface area contributed by atoms with Gasteiger partial charge in [-0.15, -0.1) is 0 Å². The van der Waals surface area contributed by atoms with Crippen LogP contribution in [-0.4, -0.2) is 11.6 Å². The van der Waals surface area contributed by atoms with Crippen LogP contribution in [0.15, 0.2) is 54.6 Å². The maximum atomic E-state index is 11.9. The summed E-state index contributed by atoms with van der Waals surface area (Å²) in [4.78, 5) is 23.1. The van der Waals surface area contributed by atoms with Crippen molar-refractivity contribution in [1.82, 2.24) is 0 Å². The van der Waals surface area contributed by atoms with Gasteiger partial charge < -0.3 is 0 Å². The van der Waals surface area contributed by atoms with Gasteiger partial charge in [-0.3, -0.25) is 9.59 Å². The average Bonchev–Trinajstić information content (AvgIpc) is 2.52. The van der Waals surface area contributed by atoms with Crippen molar-refractivity contribution in [2.45, 2.75) is 32.6 Å². The Morgan fingerprint density at radius 1 is 0.762 bits per heavy atom. The lowest BCUT2D eigenvalue weighted by atomic mass is 10.0. The van der Waals surface area contributed by atoms with E-state index in [2.05, 4.69) is 0 Å². The fourth-order valence-corrected chi connectivity index (χ4v) is 2.24. The van der Waals surface area contributed by atoms with E-state index in [4.69, 9.17) is 0 Å². The third-order valence-electron chi connectivity index (χ3n) is 3.59. The van der Waals surface area contributed by atoms with Crippen molar-refractivity contribution in [3.63, 3.8) is 0 Å². The van der Waals surface area contributed by atoms with E-state index < -0.39 is 0 Å². The molecule has 21 heavy (non-hydrogen) atoms. The Morgan fingerprint density at radius 3 is 1.81 bits per heavy atom. The number of ketones is 2. The molecule has 0 aliphatic heterocycles. The first kappa shape index (κ1) is 15.2. The minimum Gasteiger partial charge on any atom is -0.300 e. The topological polar surface area (TPSA) is 34.1 Å². The second-order valence-electron chi connectivity index (χ2n) is 5.28. The lowest BCUT2D eigenvalue weighted by Gasteiger charge is -2.03. The van der Waals surface area contributed by atoms with Gasteiger partial charge >= 0.3 is 0 Å². The van der Waals surface area contributed by atoms with E-state index in [0.717, 1.165) is 18.4 Å². The summed E-state index contributed by atoms with van der Waals surface area (Å²) < 4.78 is 0. The Labute approximate surface area is 125 Å². The summed E-state index contributed by atoms with van der Waals surface area (Å²) in [7, 11) is 0. The van der Waals surface area contributed by atoms with Crippen LogP contribution in [0.1, 0.15) is 41.3 Å². The zero-order valence-electron chi connectivity index (χ0n) is 12.3. The van der Waals surface area contributed by atoms with Gasteiger partial charge in [0.05, 0.1) is 0 Å². The molecule has 0 saturated carbocycles. The Bertz CT molecular complexity index is 597. The molecule has 0 saturated heterocycles. The standard InChI is InChI=1S/C19H20O2/c1-15(20)18-11-7-17(8-12-18)10-14-19(21)13-9-16-5-3-2-4-6-16/h2-8,11-12H,9-10,13-14H2,1H3. The second-order valence-corrected chi connectivity index (χ2v) is 5.28. The zero-order chi connectivity index (χ0) is 15.1. The van der Waals surface area contributed by atoms with Gasteiger partial charge in [0.25, 0.3) is 0 Å². The van der Waals surface area contributed by atoms with E-state index in [-0.39, 0.29) is 11.6 Å². The van der Waals surface area contributed by atoms with Crippen molar-refractivity contribution in [3.05, 3.63) is 71.3 Å². The molecule has 0 atom stereocenters. The number of aryl methyl sites for hydroxylation is 2. The molecule has 0 aliphatic carbocycles. The minimum atomic E-state index is 0.0699. The molecule has 0 aromatic heterocycles. The quantitative estimate of drug-likeness (QED) is 0.718. The molecule has 0 heterocycles. The van der Waals surface area contributed by atoms with E-state index in [0.29, 0.717) is 18.4 Å². The highest BCUT2D eigenvalue weighted by atomic mass is 16.1. The molecule has 0 unspecified atom stereocenters. The Kier molecular flexibility index (Phi) is 5.44. The van der Waals surface area contributed by atoms with Crippen LogP contribution < -0.4 is 0 Å². The molecule has 0 bridgehead atoms. The van der Waals surface area contributed by atoms with E-state index in [1.54, 1.807) is 6.92 Å². The van der Waals surface area contributed by atoms with Crippen molar-refractivity contribution in [2.75, 3.05) is 0 Å². The van der Waals surface area contributed by atoms with Crippen LogP contribution >= 0.6 is 0 Å². The van der Waals surface area contributed by atoms with Crippen LogP contribution in [0.5, 0.6) is 0 Å². The van der Waals surface area contributed by atoms with E-state index in [1.165, 1.54) is 5.56 Å². The Morgan fingerprint density at radius 2 is 1.29 bits per heavy atom. The first-order valence-corrected chi connectivity index (χ1v) is 7.30. The molecule has 0 fully saturated rings. The van der Waals surface area contributed by atoms with Crippen molar-refractivity contribution < 1.29 is 9.59 Å². The first-order valence-electron chi connectivity index (χ1n) is 7.30.